The van der Waals surface area contributed by atoms with Crippen LogP contribution in [0.25, 0.3) is 11.3 Å². The van der Waals surface area contributed by atoms with Crippen LogP contribution in [0.15, 0.2) is 96.5 Å². The van der Waals surface area contributed by atoms with Crippen LogP contribution in [0.5, 0.6) is 0 Å². The predicted molar refractivity (Wildman–Crippen MR) is 159 cm³/mol. The van der Waals surface area contributed by atoms with Crippen molar-refractivity contribution in [2.75, 3.05) is 15.4 Å². The molecular weight excluding hydrogens is 619 g/mol. The van der Waals surface area contributed by atoms with Crippen LogP contribution in [0.1, 0.15) is 21.5 Å². The van der Waals surface area contributed by atoms with E-state index < -0.39 is 38.3 Å². The van der Waals surface area contributed by atoms with Crippen LogP contribution in [0.4, 0.5) is 36.2 Å². The number of pyridine rings is 2. The van der Waals surface area contributed by atoms with E-state index >= 15 is 0 Å². The van der Waals surface area contributed by atoms with Crippen molar-refractivity contribution in [2.45, 2.75) is 18.0 Å². The number of sulfonamides is 1. The van der Waals surface area contributed by atoms with Crippen LogP contribution in [0.2, 0.25) is 5.02 Å². The number of alkyl halides is 3. The van der Waals surface area contributed by atoms with E-state index in [2.05, 4.69) is 30.6 Å². The maximum absolute atomic E-state index is 14.0. The average Bonchev–Trinajstić information content (AvgIpc) is 2.99. The summed E-state index contributed by atoms with van der Waals surface area (Å²) in [5.74, 6) is -0.450. The van der Waals surface area contributed by atoms with Crippen molar-refractivity contribution in [3.63, 3.8) is 0 Å². The highest BCUT2D eigenvalue weighted by Gasteiger charge is 2.35. The van der Waals surface area contributed by atoms with Gasteiger partial charge in [0.15, 0.2) is 0 Å². The Bertz CT molecular complexity index is 1960. The minimum absolute atomic E-state index is 0.131. The van der Waals surface area contributed by atoms with E-state index in [0.717, 1.165) is 29.5 Å². The molecule has 0 aliphatic rings. The quantitative estimate of drug-likeness (QED) is 0.170. The standard InChI is InChI=1S/C29H21ClF3N7O3S/c1-17-4-5-18(13-25(17)39-28-36-12-9-23(38-28)19-3-2-10-34-15-19)27(41)37-20-6-7-24(21(14-20)29(31,32)33)40-44(42,43)26-16-35-11-8-22(26)30/h2-16,40H,1H3,(H,37,41)(H,36,38,39). The zero-order valence-corrected chi connectivity index (χ0v) is 24.2. The SMILES string of the molecule is Cc1ccc(C(=O)Nc2ccc(NS(=O)(=O)c3cnccc3Cl)c(C(F)(F)F)c2)cc1Nc1nccc(-c2cccnc2)n1. The summed E-state index contributed by atoms with van der Waals surface area (Å²) in [6.45, 7) is 1.79. The lowest BCUT2D eigenvalue weighted by molar-refractivity contribution is -0.136. The smallest absolute Gasteiger partial charge is 0.324 e. The average molecular weight is 640 g/mol. The molecule has 0 unspecified atom stereocenters. The van der Waals surface area contributed by atoms with E-state index in [1.165, 1.54) is 24.4 Å². The molecular formula is C29H21ClF3N7O3S. The topological polar surface area (TPSA) is 139 Å². The molecule has 2 aromatic carbocycles. The van der Waals surface area contributed by atoms with Gasteiger partial charge in [-0.1, -0.05) is 17.7 Å². The zero-order chi connectivity index (χ0) is 31.5. The number of rotatable bonds is 8. The fourth-order valence-electron chi connectivity index (χ4n) is 4.02. The van der Waals surface area contributed by atoms with Crippen LogP contribution in [-0.4, -0.2) is 34.3 Å². The van der Waals surface area contributed by atoms with Gasteiger partial charge in [0, 0.05) is 53.5 Å². The first kappa shape index (κ1) is 30.4. The number of anilines is 4. The Balaban J connectivity index is 1.37. The molecule has 3 aromatic heterocycles. The first-order valence-electron chi connectivity index (χ1n) is 12.7. The van der Waals surface area contributed by atoms with Gasteiger partial charge in [-0.3, -0.25) is 19.5 Å². The van der Waals surface area contributed by atoms with Crippen LogP contribution < -0.4 is 15.4 Å². The lowest BCUT2D eigenvalue weighted by Crippen LogP contribution is -2.19. The summed E-state index contributed by atoms with van der Waals surface area (Å²) >= 11 is 5.90. The van der Waals surface area contributed by atoms with E-state index in [4.69, 9.17) is 11.6 Å². The number of aromatic nitrogens is 4. The highest BCUT2D eigenvalue weighted by Crippen LogP contribution is 2.38. The summed E-state index contributed by atoms with van der Waals surface area (Å²) in [6, 6.07) is 13.9. The highest BCUT2D eigenvalue weighted by atomic mass is 35.5. The van der Waals surface area contributed by atoms with Crippen molar-refractivity contribution in [3.8, 4) is 11.3 Å². The summed E-state index contributed by atoms with van der Waals surface area (Å²) in [7, 11) is -4.51. The van der Waals surface area contributed by atoms with Gasteiger partial charge in [0.05, 0.1) is 22.0 Å². The van der Waals surface area contributed by atoms with Gasteiger partial charge in [0.1, 0.15) is 4.90 Å². The Hall–Kier alpha value is -5.08. The van der Waals surface area contributed by atoms with Gasteiger partial charge in [-0.15, -0.1) is 0 Å². The number of carbonyl (C=O) groups is 1. The minimum Gasteiger partial charge on any atom is -0.324 e. The van der Waals surface area contributed by atoms with Crippen LogP contribution in [-0.2, 0) is 16.2 Å². The molecule has 0 aliphatic heterocycles. The molecule has 0 saturated carbocycles. The van der Waals surface area contributed by atoms with E-state index in [1.807, 2.05) is 10.8 Å². The Morgan fingerprint density at radius 3 is 2.43 bits per heavy atom. The molecule has 0 radical (unpaired) electrons. The summed E-state index contributed by atoms with van der Waals surface area (Å²) < 4.78 is 69.3. The summed E-state index contributed by atoms with van der Waals surface area (Å²) in [5, 5.41) is 5.28. The number of nitrogens with zero attached hydrogens (tertiary/aromatic N) is 4. The Morgan fingerprint density at radius 2 is 1.70 bits per heavy atom. The zero-order valence-electron chi connectivity index (χ0n) is 22.6. The first-order valence-corrected chi connectivity index (χ1v) is 14.5. The van der Waals surface area contributed by atoms with Crippen molar-refractivity contribution >= 4 is 50.5 Å². The van der Waals surface area contributed by atoms with Crippen molar-refractivity contribution in [2.24, 2.45) is 0 Å². The second kappa shape index (κ2) is 12.3. The summed E-state index contributed by atoms with van der Waals surface area (Å²) in [4.78, 5) is 29.0. The van der Waals surface area contributed by atoms with Gasteiger partial charge in [-0.25, -0.2) is 18.4 Å². The molecule has 1 amide bonds. The Morgan fingerprint density at radius 1 is 0.909 bits per heavy atom. The second-order valence-corrected chi connectivity index (χ2v) is 11.3. The van der Waals surface area contributed by atoms with E-state index in [1.54, 1.807) is 43.7 Å². The van der Waals surface area contributed by atoms with E-state index in [9.17, 15) is 26.4 Å². The minimum atomic E-state index is -4.97. The number of benzene rings is 2. The lowest BCUT2D eigenvalue weighted by Gasteiger charge is -2.17. The molecule has 10 nitrogen and oxygen atoms in total. The monoisotopic (exact) mass is 639 g/mol. The van der Waals surface area contributed by atoms with Crippen LogP contribution >= 0.6 is 11.6 Å². The van der Waals surface area contributed by atoms with Crippen molar-refractivity contribution < 1.29 is 26.4 Å². The third-order valence-electron chi connectivity index (χ3n) is 6.21. The van der Waals surface area contributed by atoms with Crippen molar-refractivity contribution in [3.05, 3.63) is 113 Å². The molecule has 0 saturated heterocycles. The van der Waals surface area contributed by atoms with E-state index in [-0.39, 0.29) is 22.2 Å². The third kappa shape index (κ3) is 6.93. The van der Waals surface area contributed by atoms with Crippen molar-refractivity contribution in [1.29, 1.82) is 0 Å². The molecule has 3 N–H and O–H groups in total. The normalized spacial score (nSPS) is 11.6. The fourth-order valence-corrected chi connectivity index (χ4v) is 5.53. The first-order chi connectivity index (χ1) is 20.9. The van der Waals surface area contributed by atoms with Gasteiger partial charge in [-0.05, 0) is 67.1 Å². The van der Waals surface area contributed by atoms with Gasteiger partial charge < -0.3 is 10.6 Å². The number of nitrogens with one attached hydrogen (secondary N) is 3. The lowest BCUT2D eigenvalue weighted by atomic mass is 10.1. The molecule has 15 heteroatoms. The maximum Gasteiger partial charge on any atom is 0.418 e. The second-order valence-electron chi connectivity index (χ2n) is 9.29. The highest BCUT2D eigenvalue weighted by molar-refractivity contribution is 7.92. The molecule has 0 fully saturated rings. The summed E-state index contributed by atoms with van der Waals surface area (Å²) in [6.07, 6.45) is 2.05. The molecule has 5 rings (SSSR count). The number of hydrogen-bond donors (Lipinski definition) is 3. The van der Waals surface area contributed by atoms with Gasteiger partial charge in [-0.2, -0.15) is 13.2 Å². The number of aryl methyl sites for hydroxylation is 1. The molecule has 3 heterocycles. The van der Waals surface area contributed by atoms with Gasteiger partial charge in [0.25, 0.3) is 15.9 Å². The largest absolute Gasteiger partial charge is 0.418 e. The molecule has 0 aliphatic carbocycles. The van der Waals surface area contributed by atoms with Gasteiger partial charge >= 0.3 is 6.18 Å². The number of halogens is 4. The molecule has 44 heavy (non-hydrogen) atoms. The fraction of sp³-hybridized carbons (Fsp3) is 0.0690. The van der Waals surface area contributed by atoms with Crippen LogP contribution in [0, 0.1) is 6.92 Å². The van der Waals surface area contributed by atoms with Crippen LogP contribution in [0.3, 0.4) is 0 Å². The molecule has 5 aromatic rings. The molecule has 0 atom stereocenters. The summed E-state index contributed by atoms with van der Waals surface area (Å²) in [5.41, 5.74) is 0.481. The predicted octanol–water partition coefficient (Wildman–Crippen LogP) is 6.71. The van der Waals surface area contributed by atoms with Crippen molar-refractivity contribution in [1.82, 2.24) is 19.9 Å². The maximum atomic E-state index is 14.0. The number of amides is 1. The van der Waals surface area contributed by atoms with E-state index in [0.29, 0.717) is 17.4 Å². The molecule has 224 valence electrons. The molecule has 0 bridgehead atoms. The molecule has 0 spiro atoms. The Labute approximate surface area is 254 Å². The number of hydrogen-bond acceptors (Lipinski definition) is 8. The third-order valence-corrected chi connectivity index (χ3v) is 8.04. The Kier molecular flexibility index (Phi) is 8.47. The number of carbonyl (C=O) groups excluding carboxylic acids is 1. The van der Waals surface area contributed by atoms with Gasteiger partial charge in [0.2, 0.25) is 5.95 Å².